The van der Waals surface area contributed by atoms with Gasteiger partial charge in [-0.25, -0.2) is 0 Å². The summed E-state index contributed by atoms with van der Waals surface area (Å²) in [6, 6.07) is 9.01. The summed E-state index contributed by atoms with van der Waals surface area (Å²) in [5, 5.41) is 13.0. The van der Waals surface area contributed by atoms with Crippen molar-refractivity contribution < 1.29 is 5.11 Å². The molecular weight excluding hydrogens is 222 g/mol. The Morgan fingerprint density at radius 1 is 1.17 bits per heavy atom. The molecule has 18 heavy (non-hydrogen) atoms. The van der Waals surface area contributed by atoms with Crippen LogP contribution in [0.3, 0.4) is 0 Å². The van der Waals surface area contributed by atoms with E-state index < -0.39 is 0 Å². The Kier molecular flexibility index (Phi) is 3.67. The third kappa shape index (κ3) is 3.12. The fraction of sp³-hybridized carbons (Fsp3) is 0.625. The number of nitrogens with one attached hydrogen (secondary N) is 1. The maximum atomic E-state index is 9.49. The molecule has 0 saturated heterocycles. The van der Waals surface area contributed by atoms with Crippen LogP contribution >= 0.6 is 0 Å². The summed E-state index contributed by atoms with van der Waals surface area (Å²) in [5.74, 6) is 1.52. The van der Waals surface area contributed by atoms with E-state index in [1.54, 1.807) is 0 Å². The first-order chi connectivity index (χ1) is 8.81. The fourth-order valence-electron chi connectivity index (χ4n) is 3.03. The third-order valence-electron chi connectivity index (χ3n) is 4.28. The van der Waals surface area contributed by atoms with Crippen molar-refractivity contribution in [1.82, 2.24) is 5.32 Å². The Morgan fingerprint density at radius 3 is 2.78 bits per heavy atom. The van der Waals surface area contributed by atoms with Crippen LogP contribution in [-0.4, -0.2) is 17.8 Å². The molecule has 1 aromatic rings. The summed E-state index contributed by atoms with van der Waals surface area (Å²) < 4.78 is 0. The van der Waals surface area contributed by atoms with Gasteiger partial charge in [-0.1, -0.05) is 24.3 Å². The van der Waals surface area contributed by atoms with Crippen molar-refractivity contribution in [3.63, 3.8) is 0 Å². The van der Waals surface area contributed by atoms with Gasteiger partial charge < -0.3 is 10.4 Å². The van der Waals surface area contributed by atoms with Gasteiger partial charge in [0.25, 0.3) is 0 Å². The molecule has 2 unspecified atom stereocenters. The molecule has 98 valence electrons. The average Bonchev–Trinajstić information content (AvgIpc) is 3.14. The predicted octanol–water partition coefficient (Wildman–Crippen LogP) is 2.81. The Balaban J connectivity index is 1.46. The maximum absolute atomic E-state index is 9.49. The standard InChI is InChI=1S/C16H23NO/c18-16-7-4-13(9-16)11-17-10-12-2-1-3-15(8-12)14-5-6-14/h1-3,8,13-14,16-18H,4-7,9-11H2. The normalized spacial score (nSPS) is 27.6. The Bertz CT molecular complexity index is 400. The first-order valence-electron chi connectivity index (χ1n) is 7.29. The van der Waals surface area contributed by atoms with E-state index in [-0.39, 0.29) is 6.10 Å². The number of hydrogen-bond donors (Lipinski definition) is 2. The quantitative estimate of drug-likeness (QED) is 0.836. The SMILES string of the molecule is OC1CCC(CNCc2cccc(C3CC3)c2)C1. The molecule has 2 N–H and O–H groups in total. The van der Waals surface area contributed by atoms with Crippen molar-refractivity contribution >= 4 is 0 Å². The van der Waals surface area contributed by atoms with E-state index in [1.165, 1.54) is 30.4 Å². The molecule has 0 aromatic heterocycles. The Morgan fingerprint density at radius 2 is 2.06 bits per heavy atom. The minimum absolute atomic E-state index is 0.0463. The molecule has 2 aliphatic carbocycles. The molecular formula is C16H23NO. The van der Waals surface area contributed by atoms with Gasteiger partial charge in [0.05, 0.1) is 6.10 Å². The molecule has 2 aliphatic rings. The van der Waals surface area contributed by atoms with Crippen LogP contribution in [0.4, 0.5) is 0 Å². The summed E-state index contributed by atoms with van der Waals surface area (Å²) in [4.78, 5) is 0. The number of rotatable bonds is 5. The summed E-state index contributed by atoms with van der Waals surface area (Å²) in [6.07, 6.45) is 5.85. The van der Waals surface area contributed by atoms with Crippen LogP contribution in [0.1, 0.15) is 49.1 Å². The van der Waals surface area contributed by atoms with Crippen molar-refractivity contribution in [1.29, 1.82) is 0 Å². The minimum Gasteiger partial charge on any atom is -0.393 e. The third-order valence-corrected chi connectivity index (χ3v) is 4.28. The van der Waals surface area contributed by atoms with Gasteiger partial charge in [0.15, 0.2) is 0 Å². The van der Waals surface area contributed by atoms with E-state index in [0.717, 1.165) is 31.8 Å². The number of benzene rings is 1. The van der Waals surface area contributed by atoms with Gasteiger partial charge in [0.2, 0.25) is 0 Å². The van der Waals surface area contributed by atoms with E-state index in [2.05, 4.69) is 29.6 Å². The van der Waals surface area contributed by atoms with Gasteiger partial charge in [0.1, 0.15) is 0 Å². The fourth-order valence-corrected chi connectivity index (χ4v) is 3.03. The van der Waals surface area contributed by atoms with Crippen LogP contribution < -0.4 is 5.32 Å². The lowest BCUT2D eigenvalue weighted by Crippen LogP contribution is -2.21. The lowest BCUT2D eigenvalue weighted by atomic mass is 10.1. The summed E-state index contributed by atoms with van der Waals surface area (Å²) in [6.45, 7) is 2.01. The molecule has 1 aromatic carbocycles. The Labute approximate surface area is 109 Å². The van der Waals surface area contributed by atoms with Crippen molar-refractivity contribution in [3.8, 4) is 0 Å². The topological polar surface area (TPSA) is 32.3 Å². The molecule has 0 amide bonds. The summed E-state index contributed by atoms with van der Waals surface area (Å²) in [7, 11) is 0. The predicted molar refractivity (Wildman–Crippen MR) is 73.5 cm³/mol. The molecule has 2 fully saturated rings. The lowest BCUT2D eigenvalue weighted by molar-refractivity contribution is 0.177. The van der Waals surface area contributed by atoms with Gasteiger partial charge in [-0.2, -0.15) is 0 Å². The molecule has 3 rings (SSSR count). The minimum atomic E-state index is -0.0463. The van der Waals surface area contributed by atoms with E-state index in [1.807, 2.05) is 0 Å². The molecule has 0 aliphatic heterocycles. The van der Waals surface area contributed by atoms with Crippen LogP contribution in [0.5, 0.6) is 0 Å². The zero-order valence-corrected chi connectivity index (χ0v) is 10.9. The van der Waals surface area contributed by atoms with Crippen LogP contribution in [0, 0.1) is 5.92 Å². The first kappa shape index (κ1) is 12.2. The Hall–Kier alpha value is -0.860. The van der Waals surface area contributed by atoms with Crippen LogP contribution in [0.25, 0.3) is 0 Å². The summed E-state index contributed by atoms with van der Waals surface area (Å²) in [5.41, 5.74) is 2.92. The highest BCUT2D eigenvalue weighted by Gasteiger charge is 2.23. The molecule has 0 heterocycles. The average molecular weight is 245 g/mol. The smallest absolute Gasteiger partial charge is 0.0543 e. The maximum Gasteiger partial charge on any atom is 0.0543 e. The monoisotopic (exact) mass is 245 g/mol. The highest BCUT2D eigenvalue weighted by Crippen LogP contribution is 2.40. The second-order valence-corrected chi connectivity index (χ2v) is 5.98. The molecule has 2 heteroatoms. The highest BCUT2D eigenvalue weighted by molar-refractivity contribution is 5.29. The molecule has 0 bridgehead atoms. The van der Waals surface area contributed by atoms with Crippen molar-refractivity contribution in [3.05, 3.63) is 35.4 Å². The number of aliphatic hydroxyl groups is 1. The lowest BCUT2D eigenvalue weighted by Gasteiger charge is -2.11. The molecule has 0 radical (unpaired) electrons. The molecule has 2 atom stereocenters. The van der Waals surface area contributed by atoms with E-state index in [9.17, 15) is 5.11 Å². The van der Waals surface area contributed by atoms with Crippen molar-refractivity contribution in [2.45, 2.75) is 50.7 Å². The second kappa shape index (κ2) is 5.41. The zero-order valence-electron chi connectivity index (χ0n) is 10.9. The van der Waals surface area contributed by atoms with Gasteiger partial charge in [-0.05, 0) is 61.6 Å². The van der Waals surface area contributed by atoms with Gasteiger partial charge in [-0.3, -0.25) is 0 Å². The largest absolute Gasteiger partial charge is 0.393 e. The van der Waals surface area contributed by atoms with Crippen LogP contribution in [-0.2, 0) is 6.54 Å². The zero-order chi connectivity index (χ0) is 12.4. The molecule has 2 saturated carbocycles. The van der Waals surface area contributed by atoms with E-state index >= 15 is 0 Å². The van der Waals surface area contributed by atoms with Gasteiger partial charge >= 0.3 is 0 Å². The summed E-state index contributed by atoms with van der Waals surface area (Å²) >= 11 is 0. The molecule has 2 nitrogen and oxygen atoms in total. The second-order valence-electron chi connectivity index (χ2n) is 5.98. The van der Waals surface area contributed by atoms with E-state index in [0.29, 0.717) is 5.92 Å². The van der Waals surface area contributed by atoms with Gasteiger partial charge in [0, 0.05) is 6.54 Å². The van der Waals surface area contributed by atoms with Crippen LogP contribution in [0.15, 0.2) is 24.3 Å². The van der Waals surface area contributed by atoms with Gasteiger partial charge in [-0.15, -0.1) is 0 Å². The molecule has 0 spiro atoms. The van der Waals surface area contributed by atoms with Crippen LogP contribution in [0.2, 0.25) is 0 Å². The highest BCUT2D eigenvalue weighted by atomic mass is 16.3. The van der Waals surface area contributed by atoms with E-state index in [4.69, 9.17) is 0 Å². The number of aliphatic hydroxyl groups excluding tert-OH is 1. The first-order valence-corrected chi connectivity index (χ1v) is 7.29. The number of hydrogen-bond acceptors (Lipinski definition) is 2. The van der Waals surface area contributed by atoms with Crippen molar-refractivity contribution in [2.75, 3.05) is 6.54 Å². The van der Waals surface area contributed by atoms with Crippen molar-refractivity contribution in [2.24, 2.45) is 5.92 Å².